The van der Waals surface area contributed by atoms with Crippen molar-refractivity contribution in [3.8, 4) is 17.0 Å². The summed E-state index contributed by atoms with van der Waals surface area (Å²) in [7, 11) is 1.62. The van der Waals surface area contributed by atoms with Gasteiger partial charge >= 0.3 is 0 Å². The first kappa shape index (κ1) is 13.2. The lowest BCUT2D eigenvalue weighted by Gasteiger charge is -2.10. The predicted octanol–water partition coefficient (Wildman–Crippen LogP) is 2.10. The van der Waals surface area contributed by atoms with Crippen LogP contribution in [0.2, 0.25) is 0 Å². The van der Waals surface area contributed by atoms with Crippen molar-refractivity contribution in [1.29, 1.82) is 0 Å². The monoisotopic (exact) mass is 281 g/mol. The summed E-state index contributed by atoms with van der Waals surface area (Å²) >= 11 is 0. The summed E-state index contributed by atoms with van der Waals surface area (Å²) in [5.74, 6) is 0.600. The molecule has 0 aromatic carbocycles. The van der Waals surface area contributed by atoms with E-state index in [0.717, 1.165) is 22.4 Å². The van der Waals surface area contributed by atoms with Crippen molar-refractivity contribution in [2.75, 3.05) is 7.11 Å². The average molecular weight is 281 g/mol. The van der Waals surface area contributed by atoms with E-state index in [9.17, 15) is 0 Å². The summed E-state index contributed by atoms with van der Waals surface area (Å²) in [5.41, 5.74) is 3.97. The van der Waals surface area contributed by atoms with E-state index in [1.807, 2.05) is 19.1 Å². The maximum Gasteiger partial charge on any atom is 0.221 e. The van der Waals surface area contributed by atoms with Crippen LogP contribution in [0.4, 0.5) is 0 Å². The number of methoxy groups -OCH3 is 1. The van der Waals surface area contributed by atoms with Crippen LogP contribution < -0.4 is 4.74 Å². The number of nitrogens with zero attached hydrogens (tertiary/aromatic N) is 5. The Labute approximate surface area is 122 Å². The molecule has 3 rings (SSSR count). The van der Waals surface area contributed by atoms with Gasteiger partial charge in [0, 0.05) is 23.7 Å². The minimum atomic E-state index is 0.600. The van der Waals surface area contributed by atoms with Gasteiger partial charge in [-0.3, -0.25) is 4.98 Å². The Morgan fingerprint density at radius 1 is 1.24 bits per heavy atom. The molecular weight excluding hydrogens is 266 g/mol. The minimum absolute atomic E-state index is 0.600. The molecule has 3 aromatic rings. The molecule has 0 saturated carbocycles. The highest BCUT2D eigenvalue weighted by atomic mass is 16.5. The van der Waals surface area contributed by atoms with Crippen LogP contribution in [-0.2, 0) is 6.54 Å². The average Bonchev–Trinajstić information content (AvgIpc) is 3.00. The highest BCUT2D eigenvalue weighted by Gasteiger charge is 2.09. The van der Waals surface area contributed by atoms with Gasteiger partial charge in [-0.05, 0) is 36.2 Å². The molecule has 6 heteroatoms. The Morgan fingerprint density at radius 3 is 2.86 bits per heavy atom. The molecule has 3 heterocycles. The lowest BCUT2D eigenvalue weighted by Crippen LogP contribution is -2.02. The molecule has 0 radical (unpaired) electrons. The molecule has 0 aliphatic carbocycles. The highest BCUT2D eigenvalue weighted by Crippen LogP contribution is 2.29. The Balaban J connectivity index is 2.01. The number of aryl methyl sites for hydroxylation is 1. The number of hydrogen-bond acceptors (Lipinski definition) is 5. The molecule has 0 aliphatic rings. The maximum atomic E-state index is 5.36. The van der Waals surface area contributed by atoms with Crippen molar-refractivity contribution in [3.05, 3.63) is 54.5 Å². The summed E-state index contributed by atoms with van der Waals surface area (Å²) in [6.07, 6.45) is 6.77. The molecule has 106 valence electrons. The Kier molecular flexibility index (Phi) is 3.59. The van der Waals surface area contributed by atoms with Crippen LogP contribution in [0.25, 0.3) is 11.1 Å². The third-order valence-corrected chi connectivity index (χ3v) is 3.12. The van der Waals surface area contributed by atoms with E-state index in [0.29, 0.717) is 12.4 Å². The first-order chi connectivity index (χ1) is 10.3. The molecule has 21 heavy (non-hydrogen) atoms. The predicted molar refractivity (Wildman–Crippen MR) is 77.9 cm³/mol. The van der Waals surface area contributed by atoms with Gasteiger partial charge in [0.05, 0.1) is 13.7 Å². The van der Waals surface area contributed by atoms with E-state index < -0.39 is 0 Å². The van der Waals surface area contributed by atoms with Gasteiger partial charge in [-0.1, -0.05) is 0 Å². The quantitative estimate of drug-likeness (QED) is 0.732. The molecular formula is C15H15N5O. The number of ether oxygens (including phenoxy) is 1. The van der Waals surface area contributed by atoms with Crippen LogP contribution in [0.3, 0.4) is 0 Å². The largest absolute Gasteiger partial charge is 0.481 e. The van der Waals surface area contributed by atoms with Crippen molar-refractivity contribution in [2.45, 2.75) is 13.5 Å². The second-order valence-electron chi connectivity index (χ2n) is 4.68. The Morgan fingerprint density at radius 2 is 2.14 bits per heavy atom. The Hall–Kier alpha value is -2.76. The number of hydrogen-bond donors (Lipinski definition) is 0. The van der Waals surface area contributed by atoms with Crippen LogP contribution in [0, 0.1) is 6.92 Å². The summed E-state index contributed by atoms with van der Waals surface area (Å²) in [4.78, 5) is 12.5. The van der Waals surface area contributed by atoms with E-state index in [2.05, 4.69) is 26.1 Å². The van der Waals surface area contributed by atoms with Gasteiger partial charge in [0.25, 0.3) is 0 Å². The lowest BCUT2D eigenvalue weighted by atomic mass is 10.1. The van der Waals surface area contributed by atoms with Gasteiger partial charge in [0.15, 0.2) is 0 Å². The summed E-state index contributed by atoms with van der Waals surface area (Å²) in [6.45, 7) is 2.58. The summed E-state index contributed by atoms with van der Waals surface area (Å²) in [5, 5.41) is 4.11. The van der Waals surface area contributed by atoms with Gasteiger partial charge in [0.2, 0.25) is 5.88 Å². The first-order valence-corrected chi connectivity index (χ1v) is 6.54. The normalized spacial score (nSPS) is 10.6. The molecule has 0 saturated heterocycles. The zero-order chi connectivity index (χ0) is 14.7. The van der Waals surface area contributed by atoms with Crippen LogP contribution in [0.1, 0.15) is 11.3 Å². The molecule has 0 atom stereocenters. The van der Waals surface area contributed by atoms with E-state index in [1.54, 1.807) is 30.5 Å². The molecule has 0 fully saturated rings. The topological polar surface area (TPSA) is 65.7 Å². The number of rotatable bonds is 4. The molecule has 3 aromatic heterocycles. The molecule has 6 nitrogen and oxygen atoms in total. The highest BCUT2D eigenvalue weighted by molar-refractivity contribution is 5.69. The minimum Gasteiger partial charge on any atom is -0.481 e. The third-order valence-electron chi connectivity index (χ3n) is 3.12. The van der Waals surface area contributed by atoms with Crippen molar-refractivity contribution >= 4 is 0 Å². The van der Waals surface area contributed by atoms with Crippen LogP contribution in [0.15, 0.2) is 43.2 Å². The zero-order valence-electron chi connectivity index (χ0n) is 11.9. The van der Waals surface area contributed by atoms with Gasteiger partial charge in [0.1, 0.15) is 12.7 Å². The number of pyridine rings is 2. The zero-order valence-corrected chi connectivity index (χ0v) is 11.9. The van der Waals surface area contributed by atoms with Gasteiger partial charge in [-0.25, -0.2) is 14.6 Å². The van der Waals surface area contributed by atoms with Crippen LogP contribution >= 0.6 is 0 Å². The van der Waals surface area contributed by atoms with Gasteiger partial charge in [-0.15, -0.1) is 0 Å². The second-order valence-corrected chi connectivity index (χ2v) is 4.68. The van der Waals surface area contributed by atoms with Crippen molar-refractivity contribution in [1.82, 2.24) is 24.7 Å². The van der Waals surface area contributed by atoms with E-state index in [1.165, 1.54) is 6.33 Å². The van der Waals surface area contributed by atoms with Crippen molar-refractivity contribution < 1.29 is 4.74 Å². The fourth-order valence-electron chi connectivity index (χ4n) is 2.17. The van der Waals surface area contributed by atoms with E-state index in [-0.39, 0.29) is 0 Å². The maximum absolute atomic E-state index is 5.36. The van der Waals surface area contributed by atoms with E-state index >= 15 is 0 Å². The van der Waals surface area contributed by atoms with Crippen LogP contribution in [0.5, 0.6) is 5.88 Å². The second kappa shape index (κ2) is 5.70. The molecule has 0 unspecified atom stereocenters. The molecule has 0 amide bonds. The van der Waals surface area contributed by atoms with Gasteiger partial charge in [-0.2, -0.15) is 5.10 Å². The molecule has 0 spiro atoms. The molecule has 0 bridgehead atoms. The first-order valence-electron chi connectivity index (χ1n) is 6.54. The SMILES string of the molecule is COc1ncc(Cn2cncn2)cc1-c1ccnc(C)c1. The van der Waals surface area contributed by atoms with Crippen molar-refractivity contribution in [3.63, 3.8) is 0 Å². The molecule has 0 aliphatic heterocycles. The van der Waals surface area contributed by atoms with Crippen LogP contribution in [-0.4, -0.2) is 31.8 Å². The van der Waals surface area contributed by atoms with Crippen molar-refractivity contribution in [2.24, 2.45) is 0 Å². The Bertz CT molecular complexity index is 740. The van der Waals surface area contributed by atoms with E-state index in [4.69, 9.17) is 4.74 Å². The lowest BCUT2D eigenvalue weighted by molar-refractivity contribution is 0.399. The fraction of sp³-hybridized carbons (Fsp3) is 0.200. The summed E-state index contributed by atoms with van der Waals surface area (Å²) < 4.78 is 7.12. The molecule has 0 N–H and O–H groups in total. The van der Waals surface area contributed by atoms with Gasteiger partial charge < -0.3 is 4.74 Å². The standard InChI is InChI=1S/C15H15N5O/c1-11-5-13(3-4-17-11)14-6-12(7-18-15(14)21-2)8-20-10-16-9-19-20/h3-7,9-10H,8H2,1-2H3. The fourth-order valence-corrected chi connectivity index (χ4v) is 2.17. The number of aromatic nitrogens is 5. The summed E-state index contributed by atoms with van der Waals surface area (Å²) in [6, 6.07) is 6.02. The smallest absolute Gasteiger partial charge is 0.221 e. The third kappa shape index (κ3) is 2.89.